The summed E-state index contributed by atoms with van der Waals surface area (Å²) in [7, 11) is -2.70. The van der Waals surface area contributed by atoms with E-state index < -0.39 is 8.07 Å². The molecule has 0 radical (unpaired) electrons. The molecule has 0 unspecified atom stereocenters. The van der Waals surface area contributed by atoms with Gasteiger partial charge < -0.3 is 13.7 Å². The Kier molecular flexibility index (Phi) is 8.57. The number of fused-ring (bicyclic) bond motifs is 9. The molecule has 0 aliphatic rings. The van der Waals surface area contributed by atoms with Crippen LogP contribution in [0, 0.1) is 11.3 Å². The molecule has 4 nitrogen and oxygen atoms in total. The number of benzene rings is 10. The van der Waals surface area contributed by atoms with Crippen LogP contribution in [0.5, 0.6) is 0 Å². The largest absolute Gasteiger partial charge is 0.309 e. The fourth-order valence-corrected chi connectivity index (χ4v) is 15.7. The number of nitriles is 1. The summed E-state index contributed by atoms with van der Waals surface area (Å²) in [5.41, 5.74) is 10.7. The smallest absolute Gasteiger partial charge is 0.179 e. The number of nitrogens with zero attached hydrogens (tertiary/aromatic N) is 4. The lowest BCUT2D eigenvalue weighted by molar-refractivity contribution is 1.14. The Morgan fingerprint density at radius 3 is 1.09 bits per heavy atom. The summed E-state index contributed by atoms with van der Waals surface area (Å²) in [6.45, 7) is 0. The van der Waals surface area contributed by atoms with E-state index in [0.717, 1.165) is 55.4 Å². The molecule has 13 rings (SSSR count). The van der Waals surface area contributed by atoms with Crippen LogP contribution in [-0.4, -0.2) is 21.8 Å². The van der Waals surface area contributed by atoms with Crippen molar-refractivity contribution in [1.29, 1.82) is 5.26 Å². The molecule has 3 heterocycles. The van der Waals surface area contributed by atoms with Gasteiger partial charge in [0.15, 0.2) is 8.07 Å². The van der Waals surface area contributed by atoms with E-state index in [1.54, 1.807) is 0 Å². The maximum absolute atomic E-state index is 9.81. The zero-order chi connectivity index (χ0) is 43.8. The fraction of sp³-hybridized carbons (Fsp3) is 0. The molecule has 0 aliphatic heterocycles. The van der Waals surface area contributed by atoms with Crippen molar-refractivity contribution in [2.75, 3.05) is 0 Å². The first-order valence-electron chi connectivity index (χ1n) is 22.5. The minimum atomic E-state index is -2.70. The van der Waals surface area contributed by atoms with Gasteiger partial charge in [0.05, 0.1) is 44.7 Å². The zero-order valence-electron chi connectivity index (χ0n) is 35.9. The second kappa shape index (κ2) is 15.0. The quantitative estimate of drug-likeness (QED) is 0.116. The summed E-state index contributed by atoms with van der Waals surface area (Å²) in [6.07, 6.45) is 0. The minimum absolute atomic E-state index is 0.659. The van der Waals surface area contributed by atoms with Crippen molar-refractivity contribution in [2.24, 2.45) is 0 Å². The molecule has 0 saturated heterocycles. The lowest BCUT2D eigenvalue weighted by Gasteiger charge is -2.34. The maximum atomic E-state index is 9.81. The summed E-state index contributed by atoms with van der Waals surface area (Å²) in [5, 5.41) is 22.3. The van der Waals surface area contributed by atoms with E-state index in [0.29, 0.717) is 5.56 Å². The molecule has 0 spiro atoms. The molecular weight excluding hydrogens is 817 g/mol. The predicted octanol–water partition coefficient (Wildman–Crippen LogP) is 12.2. The topological polar surface area (TPSA) is 38.6 Å². The van der Waals surface area contributed by atoms with Gasteiger partial charge in [0.1, 0.15) is 0 Å². The van der Waals surface area contributed by atoms with Gasteiger partial charge in [-0.15, -0.1) is 0 Å². The van der Waals surface area contributed by atoms with Crippen LogP contribution in [0.4, 0.5) is 0 Å². The summed E-state index contributed by atoms with van der Waals surface area (Å²) in [5.74, 6) is 0. The van der Waals surface area contributed by atoms with E-state index in [-0.39, 0.29) is 0 Å². The number of para-hydroxylation sites is 3. The van der Waals surface area contributed by atoms with Gasteiger partial charge >= 0.3 is 0 Å². The molecule has 0 saturated carbocycles. The normalized spacial score (nSPS) is 11.9. The second-order valence-corrected chi connectivity index (χ2v) is 21.0. The van der Waals surface area contributed by atoms with Gasteiger partial charge in [-0.1, -0.05) is 170 Å². The molecule has 66 heavy (non-hydrogen) atoms. The average molecular weight is 857 g/mol. The SMILES string of the molecule is N#Cc1ccc2c(c1)c1ccccc1n2-c1ccc2c3ccccc3n(-c3ccc4c5ccccc5n(-c5ccc([Si](c6ccccc6)(c6ccccc6)c6ccccc6)cc5)c4c3)c2c1. The molecule has 0 bridgehead atoms. The molecule has 10 aromatic carbocycles. The van der Waals surface area contributed by atoms with Gasteiger partial charge in [-0.2, -0.15) is 5.26 Å². The van der Waals surface area contributed by atoms with Crippen LogP contribution in [0.2, 0.25) is 0 Å². The van der Waals surface area contributed by atoms with Gasteiger partial charge in [0.2, 0.25) is 0 Å². The monoisotopic (exact) mass is 856 g/mol. The van der Waals surface area contributed by atoms with Gasteiger partial charge in [0.25, 0.3) is 0 Å². The Balaban J connectivity index is 1.02. The highest BCUT2D eigenvalue weighted by Crippen LogP contribution is 2.39. The molecule has 5 heteroatoms. The first-order chi connectivity index (χ1) is 32.7. The van der Waals surface area contributed by atoms with E-state index in [9.17, 15) is 5.26 Å². The molecule has 0 fully saturated rings. The molecular formula is C61H40N4Si. The highest BCUT2D eigenvalue weighted by molar-refractivity contribution is 7.19. The first-order valence-corrected chi connectivity index (χ1v) is 24.5. The zero-order valence-corrected chi connectivity index (χ0v) is 36.9. The lowest BCUT2D eigenvalue weighted by Crippen LogP contribution is -2.74. The Bertz CT molecular complexity index is 3950. The van der Waals surface area contributed by atoms with Crippen LogP contribution >= 0.6 is 0 Å². The Hall–Kier alpha value is -8.69. The lowest BCUT2D eigenvalue weighted by atomic mass is 10.1. The molecule has 0 amide bonds. The molecule has 0 N–H and O–H groups in total. The number of hydrogen-bond donors (Lipinski definition) is 0. The Morgan fingerprint density at radius 2 is 0.621 bits per heavy atom. The van der Waals surface area contributed by atoms with Crippen LogP contribution in [0.3, 0.4) is 0 Å². The second-order valence-electron chi connectivity index (χ2n) is 17.2. The Labute approximate surface area is 382 Å². The van der Waals surface area contributed by atoms with Gasteiger partial charge in [0, 0.05) is 49.4 Å². The van der Waals surface area contributed by atoms with Gasteiger partial charge in [-0.05, 0) is 93.5 Å². The summed E-state index contributed by atoms with van der Waals surface area (Å²) >= 11 is 0. The third kappa shape index (κ3) is 5.56. The molecule has 0 atom stereocenters. The fourth-order valence-electron chi connectivity index (χ4n) is 11.0. The van der Waals surface area contributed by atoms with Crippen molar-refractivity contribution in [1.82, 2.24) is 13.7 Å². The van der Waals surface area contributed by atoms with Gasteiger partial charge in [-0.25, -0.2) is 0 Å². The first kappa shape index (κ1) is 37.8. The molecule has 13 aromatic rings. The van der Waals surface area contributed by atoms with Crippen LogP contribution in [0.15, 0.2) is 243 Å². The van der Waals surface area contributed by atoms with Gasteiger partial charge in [-0.3, -0.25) is 0 Å². The summed E-state index contributed by atoms with van der Waals surface area (Å²) in [6, 6.07) is 91.0. The summed E-state index contributed by atoms with van der Waals surface area (Å²) in [4.78, 5) is 0. The average Bonchev–Trinajstić information content (AvgIpc) is 4.02. The maximum Gasteiger partial charge on any atom is 0.179 e. The molecule has 308 valence electrons. The van der Waals surface area contributed by atoms with Crippen molar-refractivity contribution in [2.45, 2.75) is 0 Å². The predicted molar refractivity (Wildman–Crippen MR) is 278 cm³/mol. The summed E-state index contributed by atoms with van der Waals surface area (Å²) < 4.78 is 7.21. The number of rotatable bonds is 7. The van der Waals surface area contributed by atoms with Crippen molar-refractivity contribution >= 4 is 94.2 Å². The third-order valence-electron chi connectivity index (χ3n) is 13.8. The van der Waals surface area contributed by atoms with E-state index in [1.807, 2.05) is 12.1 Å². The van der Waals surface area contributed by atoms with Crippen LogP contribution < -0.4 is 20.7 Å². The number of aromatic nitrogens is 3. The van der Waals surface area contributed by atoms with E-state index in [2.05, 4.69) is 250 Å². The highest BCUT2D eigenvalue weighted by atomic mass is 28.3. The molecule has 3 aromatic heterocycles. The third-order valence-corrected chi connectivity index (χ3v) is 18.6. The minimum Gasteiger partial charge on any atom is -0.309 e. The van der Waals surface area contributed by atoms with Crippen molar-refractivity contribution < 1.29 is 0 Å². The van der Waals surface area contributed by atoms with Crippen LogP contribution in [0.1, 0.15) is 5.56 Å². The van der Waals surface area contributed by atoms with Crippen LogP contribution in [-0.2, 0) is 0 Å². The van der Waals surface area contributed by atoms with Crippen molar-refractivity contribution in [3.8, 4) is 23.1 Å². The Morgan fingerprint density at radius 1 is 0.273 bits per heavy atom. The van der Waals surface area contributed by atoms with E-state index in [1.165, 1.54) is 47.8 Å². The van der Waals surface area contributed by atoms with Crippen molar-refractivity contribution in [3.05, 3.63) is 248 Å². The number of hydrogen-bond acceptors (Lipinski definition) is 1. The standard InChI is InChI=1S/C61H40N4Si/c62-41-42-28-37-59-55(38-42)52-24-12-15-27-58(52)64(59)44-31-35-54-51-23-11-14-26-57(51)65(61(54)39-44)45-32-36-53-50-22-10-13-25-56(50)63(60(53)40-45)43-29-33-49(34-30-43)66(46-16-4-1-5-17-46,47-18-6-2-7-19-47)48-20-8-3-9-21-48/h1-40H. The van der Waals surface area contributed by atoms with Crippen LogP contribution in [0.25, 0.3) is 82.5 Å². The molecule has 0 aliphatic carbocycles. The van der Waals surface area contributed by atoms with Crippen molar-refractivity contribution in [3.63, 3.8) is 0 Å². The van der Waals surface area contributed by atoms with E-state index in [4.69, 9.17) is 0 Å². The van der Waals surface area contributed by atoms with E-state index >= 15 is 0 Å². The highest BCUT2D eigenvalue weighted by Gasteiger charge is 2.41.